The van der Waals surface area contributed by atoms with Crippen LogP contribution < -0.4 is 0 Å². The number of likely N-dealkylation sites (N-methyl/N-ethyl adjacent to an activating group) is 1. The average Bonchev–Trinajstić information content (AvgIpc) is 2.76. The van der Waals surface area contributed by atoms with Gasteiger partial charge in [0, 0.05) is 24.6 Å². The van der Waals surface area contributed by atoms with Gasteiger partial charge in [-0.15, -0.1) is 11.3 Å². The fourth-order valence-electron chi connectivity index (χ4n) is 1.49. The van der Waals surface area contributed by atoms with E-state index in [0.717, 1.165) is 37.7 Å². The molecule has 0 aromatic carbocycles. The minimum atomic E-state index is -0.849. The molecule has 0 saturated carbocycles. The van der Waals surface area contributed by atoms with Crippen LogP contribution in [0.15, 0.2) is 12.1 Å². The SMILES string of the molecule is CCOCCN(CC)Cc1ccc(C(=O)O)s1. The van der Waals surface area contributed by atoms with Crippen LogP contribution in [0, 0.1) is 0 Å². The van der Waals surface area contributed by atoms with Crippen LogP contribution in [0.2, 0.25) is 0 Å². The molecule has 0 aliphatic carbocycles. The Morgan fingerprint density at radius 3 is 2.76 bits per heavy atom. The number of carbonyl (C=O) groups is 1. The normalized spacial score (nSPS) is 11.0. The molecule has 4 nitrogen and oxygen atoms in total. The van der Waals surface area contributed by atoms with E-state index in [2.05, 4.69) is 11.8 Å². The molecule has 0 aliphatic rings. The van der Waals surface area contributed by atoms with E-state index >= 15 is 0 Å². The molecular formula is C12H19NO3S. The summed E-state index contributed by atoms with van der Waals surface area (Å²) in [4.78, 5) is 14.5. The number of carboxylic acid groups (broad SMARTS) is 1. The Kier molecular flexibility index (Phi) is 6.18. The maximum Gasteiger partial charge on any atom is 0.345 e. The van der Waals surface area contributed by atoms with E-state index in [1.54, 1.807) is 6.07 Å². The molecule has 0 amide bonds. The maximum atomic E-state index is 10.8. The number of ether oxygens (including phenoxy) is 1. The molecule has 0 radical (unpaired) electrons. The van der Waals surface area contributed by atoms with Gasteiger partial charge in [0.1, 0.15) is 4.88 Å². The zero-order valence-electron chi connectivity index (χ0n) is 10.3. The van der Waals surface area contributed by atoms with Crippen LogP contribution in [-0.2, 0) is 11.3 Å². The van der Waals surface area contributed by atoms with Crippen molar-refractivity contribution >= 4 is 17.3 Å². The molecule has 17 heavy (non-hydrogen) atoms. The molecule has 0 aliphatic heterocycles. The van der Waals surface area contributed by atoms with Gasteiger partial charge in [-0.05, 0) is 25.6 Å². The Morgan fingerprint density at radius 2 is 2.24 bits per heavy atom. The Balaban J connectivity index is 2.46. The van der Waals surface area contributed by atoms with Crippen molar-refractivity contribution in [2.75, 3.05) is 26.3 Å². The molecule has 5 heteroatoms. The Labute approximate surface area is 106 Å². The Hall–Kier alpha value is -0.910. The lowest BCUT2D eigenvalue weighted by molar-refractivity contribution is 0.0702. The quantitative estimate of drug-likeness (QED) is 0.726. The van der Waals surface area contributed by atoms with Crippen molar-refractivity contribution in [3.63, 3.8) is 0 Å². The summed E-state index contributed by atoms with van der Waals surface area (Å²) in [5, 5.41) is 8.84. The zero-order chi connectivity index (χ0) is 12.7. The van der Waals surface area contributed by atoms with Crippen molar-refractivity contribution in [1.29, 1.82) is 0 Å². The number of carboxylic acids is 1. The fraction of sp³-hybridized carbons (Fsp3) is 0.583. The van der Waals surface area contributed by atoms with E-state index in [1.807, 2.05) is 13.0 Å². The molecule has 0 bridgehead atoms. The lowest BCUT2D eigenvalue weighted by Crippen LogP contribution is -2.26. The van der Waals surface area contributed by atoms with Crippen molar-refractivity contribution in [2.45, 2.75) is 20.4 Å². The van der Waals surface area contributed by atoms with Crippen LogP contribution in [0.5, 0.6) is 0 Å². The molecule has 0 atom stereocenters. The average molecular weight is 257 g/mol. The first-order valence-corrected chi connectivity index (χ1v) is 6.61. The van der Waals surface area contributed by atoms with Gasteiger partial charge in [-0.2, -0.15) is 0 Å². The smallest absolute Gasteiger partial charge is 0.345 e. The largest absolute Gasteiger partial charge is 0.477 e. The standard InChI is InChI=1S/C12H19NO3S/c1-3-13(7-8-16-4-2)9-10-5-6-11(17-10)12(14)15/h5-6H,3-4,7-9H2,1-2H3,(H,14,15). The number of nitrogens with zero attached hydrogens (tertiary/aromatic N) is 1. The number of aromatic carboxylic acids is 1. The van der Waals surface area contributed by atoms with Crippen LogP contribution in [0.25, 0.3) is 0 Å². The highest BCUT2D eigenvalue weighted by molar-refractivity contribution is 7.13. The molecule has 1 heterocycles. The van der Waals surface area contributed by atoms with Gasteiger partial charge in [0.15, 0.2) is 0 Å². The first-order chi connectivity index (χ1) is 8.17. The molecule has 1 aromatic rings. The lowest BCUT2D eigenvalue weighted by Gasteiger charge is -2.19. The van der Waals surface area contributed by atoms with Crippen molar-refractivity contribution < 1.29 is 14.6 Å². The van der Waals surface area contributed by atoms with E-state index < -0.39 is 5.97 Å². The second-order valence-corrected chi connectivity index (χ2v) is 4.81. The number of hydrogen-bond acceptors (Lipinski definition) is 4. The molecule has 96 valence electrons. The molecular weight excluding hydrogens is 238 g/mol. The molecule has 0 spiro atoms. The van der Waals surface area contributed by atoms with Crippen molar-refractivity contribution in [1.82, 2.24) is 4.90 Å². The summed E-state index contributed by atoms with van der Waals surface area (Å²) in [6.45, 7) is 8.15. The molecule has 1 aromatic heterocycles. The minimum absolute atomic E-state index is 0.404. The summed E-state index contributed by atoms with van der Waals surface area (Å²) < 4.78 is 5.31. The zero-order valence-corrected chi connectivity index (χ0v) is 11.1. The predicted octanol–water partition coefficient (Wildman–Crippen LogP) is 2.30. The van der Waals surface area contributed by atoms with Crippen LogP contribution in [0.4, 0.5) is 0 Å². The van der Waals surface area contributed by atoms with Gasteiger partial charge in [-0.1, -0.05) is 6.92 Å². The first-order valence-electron chi connectivity index (χ1n) is 5.79. The summed E-state index contributed by atoms with van der Waals surface area (Å²) in [7, 11) is 0. The molecule has 1 N–H and O–H groups in total. The third kappa shape index (κ3) is 4.85. The highest BCUT2D eigenvalue weighted by Crippen LogP contribution is 2.18. The number of thiophene rings is 1. The summed E-state index contributed by atoms with van der Waals surface area (Å²) in [5.41, 5.74) is 0. The van der Waals surface area contributed by atoms with Gasteiger partial charge < -0.3 is 9.84 Å². The van der Waals surface area contributed by atoms with Gasteiger partial charge in [0.2, 0.25) is 0 Å². The number of hydrogen-bond donors (Lipinski definition) is 1. The molecule has 0 saturated heterocycles. The minimum Gasteiger partial charge on any atom is -0.477 e. The highest BCUT2D eigenvalue weighted by Gasteiger charge is 2.09. The monoisotopic (exact) mass is 257 g/mol. The van der Waals surface area contributed by atoms with Gasteiger partial charge in [0.25, 0.3) is 0 Å². The molecule has 1 rings (SSSR count). The second-order valence-electron chi connectivity index (χ2n) is 3.64. The van der Waals surface area contributed by atoms with Crippen molar-refractivity contribution in [3.8, 4) is 0 Å². The van der Waals surface area contributed by atoms with Crippen molar-refractivity contribution in [2.24, 2.45) is 0 Å². The van der Waals surface area contributed by atoms with E-state index in [9.17, 15) is 4.79 Å². The van der Waals surface area contributed by atoms with Gasteiger partial charge >= 0.3 is 5.97 Å². The van der Waals surface area contributed by atoms with Crippen LogP contribution in [0.3, 0.4) is 0 Å². The van der Waals surface area contributed by atoms with E-state index in [1.165, 1.54) is 11.3 Å². The Bertz CT molecular complexity index is 351. The topological polar surface area (TPSA) is 49.8 Å². The fourth-order valence-corrected chi connectivity index (χ4v) is 2.37. The van der Waals surface area contributed by atoms with E-state index in [-0.39, 0.29) is 0 Å². The summed E-state index contributed by atoms with van der Waals surface area (Å²) in [6, 6.07) is 3.55. The molecule has 0 unspecified atom stereocenters. The van der Waals surface area contributed by atoms with E-state index in [0.29, 0.717) is 4.88 Å². The Morgan fingerprint density at radius 1 is 1.47 bits per heavy atom. The van der Waals surface area contributed by atoms with Gasteiger partial charge in [-0.3, -0.25) is 4.90 Å². The predicted molar refractivity (Wildman–Crippen MR) is 68.7 cm³/mol. The third-order valence-electron chi connectivity index (χ3n) is 2.46. The van der Waals surface area contributed by atoms with Crippen LogP contribution in [0.1, 0.15) is 28.4 Å². The third-order valence-corrected chi connectivity index (χ3v) is 3.51. The summed E-state index contributed by atoms with van der Waals surface area (Å²) in [5.74, 6) is -0.849. The highest BCUT2D eigenvalue weighted by atomic mass is 32.1. The van der Waals surface area contributed by atoms with Crippen LogP contribution in [-0.4, -0.2) is 42.3 Å². The summed E-state index contributed by atoms with van der Waals surface area (Å²) in [6.07, 6.45) is 0. The lowest BCUT2D eigenvalue weighted by atomic mass is 10.4. The maximum absolute atomic E-state index is 10.8. The van der Waals surface area contributed by atoms with Gasteiger partial charge in [0.05, 0.1) is 6.61 Å². The van der Waals surface area contributed by atoms with Crippen molar-refractivity contribution in [3.05, 3.63) is 21.9 Å². The molecule has 0 fully saturated rings. The summed E-state index contributed by atoms with van der Waals surface area (Å²) >= 11 is 1.34. The van der Waals surface area contributed by atoms with Crippen LogP contribution >= 0.6 is 11.3 Å². The second kappa shape index (κ2) is 7.42. The van der Waals surface area contributed by atoms with E-state index in [4.69, 9.17) is 9.84 Å². The van der Waals surface area contributed by atoms with Gasteiger partial charge in [-0.25, -0.2) is 4.79 Å². The first kappa shape index (κ1) is 14.2. The number of rotatable bonds is 8.